The summed E-state index contributed by atoms with van der Waals surface area (Å²) in [5.74, 6) is -1.77. The van der Waals surface area contributed by atoms with E-state index < -0.39 is 24.5 Å². The van der Waals surface area contributed by atoms with Gasteiger partial charge in [-0.1, -0.05) is 0 Å². The van der Waals surface area contributed by atoms with Gasteiger partial charge in [0.05, 0.1) is 26.0 Å². The number of halogens is 4. The molecule has 1 aromatic heterocycles. The van der Waals surface area contributed by atoms with Crippen molar-refractivity contribution >= 4 is 17.6 Å². The van der Waals surface area contributed by atoms with Crippen LogP contribution in [0.5, 0.6) is 11.5 Å². The molecule has 5 nitrogen and oxygen atoms in total. The maximum atomic E-state index is 12.5. The Hall–Kier alpha value is -1.70. The van der Waals surface area contributed by atoms with E-state index in [1.165, 1.54) is 0 Å². The van der Waals surface area contributed by atoms with Gasteiger partial charge in [-0.3, -0.25) is 9.78 Å². The second-order valence-corrected chi connectivity index (χ2v) is 4.02. The van der Waals surface area contributed by atoms with Gasteiger partial charge in [-0.15, -0.1) is 24.8 Å². The third-order valence-corrected chi connectivity index (χ3v) is 2.58. The fourth-order valence-electron chi connectivity index (χ4n) is 1.58. The van der Waals surface area contributed by atoms with Crippen LogP contribution in [0.2, 0.25) is 0 Å². The molecule has 1 rings (SSSR count). The van der Waals surface area contributed by atoms with Gasteiger partial charge in [-0.05, 0) is 6.92 Å². The summed E-state index contributed by atoms with van der Waals surface area (Å²) >= 11 is 5.59. The highest BCUT2D eigenvalue weighted by atomic mass is 35.5. The summed E-state index contributed by atoms with van der Waals surface area (Å²) in [5.41, 5.74) is -0.0254. The van der Waals surface area contributed by atoms with Gasteiger partial charge in [-0.2, -0.15) is 0 Å². The third kappa shape index (κ3) is 4.96. The number of esters is 1. The van der Waals surface area contributed by atoms with Gasteiger partial charge >= 0.3 is 12.3 Å². The van der Waals surface area contributed by atoms with Crippen molar-refractivity contribution in [2.24, 2.45) is 0 Å². The molecule has 1 heterocycles. The second-order valence-electron chi connectivity index (χ2n) is 3.76. The molecule has 0 saturated carbocycles. The molecule has 0 aliphatic heterocycles. The monoisotopic (exact) mass is 327 g/mol. The molecule has 0 radical (unpaired) electrons. The molecule has 9 heteroatoms. The van der Waals surface area contributed by atoms with Crippen molar-refractivity contribution in [3.63, 3.8) is 0 Å². The van der Waals surface area contributed by atoms with Crippen LogP contribution >= 0.6 is 11.6 Å². The number of rotatable bonds is 6. The van der Waals surface area contributed by atoms with Crippen LogP contribution in [0.15, 0.2) is 6.20 Å². The lowest BCUT2D eigenvalue weighted by atomic mass is 10.1. The van der Waals surface area contributed by atoms with Crippen molar-refractivity contribution in [1.29, 1.82) is 0 Å². The van der Waals surface area contributed by atoms with Crippen LogP contribution in [-0.4, -0.2) is 31.0 Å². The maximum absolute atomic E-state index is 12.5. The van der Waals surface area contributed by atoms with Crippen LogP contribution in [0.25, 0.3) is 0 Å². The Morgan fingerprint density at radius 3 is 2.52 bits per heavy atom. The zero-order chi connectivity index (χ0) is 16.0. The van der Waals surface area contributed by atoms with E-state index in [0.29, 0.717) is 0 Å². The summed E-state index contributed by atoms with van der Waals surface area (Å²) in [7, 11) is 1.16. The largest absolute Gasteiger partial charge is 0.573 e. The SMILES string of the molecule is CCOC(=O)Cc1cnc(CCl)c(OC)c1OC(F)(F)F. The smallest absolute Gasteiger partial charge is 0.491 e. The molecule has 0 aliphatic carbocycles. The van der Waals surface area contributed by atoms with Crippen molar-refractivity contribution in [1.82, 2.24) is 4.98 Å². The van der Waals surface area contributed by atoms with Crippen LogP contribution in [0.1, 0.15) is 18.2 Å². The summed E-state index contributed by atoms with van der Waals surface area (Å²) in [6.45, 7) is 1.69. The molecule has 0 aromatic carbocycles. The molecule has 0 aliphatic rings. The Bertz CT molecular complexity index is 508. The highest BCUT2D eigenvalue weighted by molar-refractivity contribution is 6.17. The van der Waals surface area contributed by atoms with Crippen molar-refractivity contribution in [3.8, 4) is 11.5 Å². The van der Waals surface area contributed by atoms with E-state index in [2.05, 4.69) is 9.72 Å². The predicted molar refractivity (Wildman–Crippen MR) is 67.4 cm³/mol. The first-order valence-corrected chi connectivity index (χ1v) is 6.37. The first-order chi connectivity index (χ1) is 9.82. The standard InChI is InChI=1S/C12H13ClF3NO4/c1-3-20-9(18)4-7-6-17-8(5-13)11(19-2)10(7)21-12(14,15)16/h6H,3-5H2,1-2H3. The molecule has 0 atom stereocenters. The molecule has 0 N–H and O–H groups in total. The lowest BCUT2D eigenvalue weighted by Crippen LogP contribution is -2.20. The lowest BCUT2D eigenvalue weighted by molar-refractivity contribution is -0.275. The van der Waals surface area contributed by atoms with Crippen LogP contribution in [0.4, 0.5) is 13.2 Å². The zero-order valence-electron chi connectivity index (χ0n) is 11.3. The number of nitrogens with zero attached hydrogens (tertiary/aromatic N) is 1. The molecule has 21 heavy (non-hydrogen) atoms. The fourth-order valence-corrected chi connectivity index (χ4v) is 1.77. The van der Waals surface area contributed by atoms with Gasteiger partial charge in [-0.25, -0.2) is 0 Å². The van der Waals surface area contributed by atoms with Crippen molar-refractivity contribution in [2.45, 2.75) is 25.6 Å². The molecular weight excluding hydrogens is 315 g/mol. The summed E-state index contributed by atoms with van der Waals surface area (Å²) in [6, 6.07) is 0. The number of aromatic nitrogens is 1. The Balaban J connectivity index is 3.25. The minimum atomic E-state index is -4.94. The van der Waals surface area contributed by atoms with E-state index in [-0.39, 0.29) is 29.5 Å². The summed E-state index contributed by atoms with van der Waals surface area (Å²) in [5, 5.41) is 0. The van der Waals surface area contributed by atoms with Gasteiger partial charge < -0.3 is 14.2 Å². The fraction of sp³-hybridized carbons (Fsp3) is 0.500. The summed E-state index contributed by atoms with van der Waals surface area (Å²) < 4.78 is 51.0. The second kappa shape index (κ2) is 7.35. The van der Waals surface area contributed by atoms with E-state index in [9.17, 15) is 18.0 Å². The first kappa shape index (κ1) is 17.4. The number of hydrogen-bond acceptors (Lipinski definition) is 5. The average molecular weight is 328 g/mol. The minimum Gasteiger partial charge on any atom is -0.491 e. The maximum Gasteiger partial charge on any atom is 0.573 e. The van der Waals surface area contributed by atoms with Crippen molar-refractivity contribution in [2.75, 3.05) is 13.7 Å². The molecule has 0 spiro atoms. The molecule has 0 unspecified atom stereocenters. The molecule has 0 amide bonds. The molecule has 0 saturated heterocycles. The van der Waals surface area contributed by atoms with Crippen LogP contribution in [-0.2, 0) is 21.8 Å². The highest BCUT2D eigenvalue weighted by Crippen LogP contribution is 2.38. The summed E-state index contributed by atoms with van der Waals surface area (Å²) in [6.07, 6.45) is -4.29. The van der Waals surface area contributed by atoms with Gasteiger partial charge in [0.25, 0.3) is 0 Å². The van der Waals surface area contributed by atoms with Gasteiger partial charge in [0.2, 0.25) is 0 Å². The molecule has 118 valence electrons. The Morgan fingerprint density at radius 1 is 1.38 bits per heavy atom. The third-order valence-electron chi connectivity index (χ3n) is 2.32. The lowest BCUT2D eigenvalue weighted by Gasteiger charge is -2.17. The summed E-state index contributed by atoms with van der Waals surface area (Å²) in [4.78, 5) is 15.3. The van der Waals surface area contributed by atoms with Crippen molar-refractivity contribution in [3.05, 3.63) is 17.5 Å². The number of hydrogen-bond donors (Lipinski definition) is 0. The van der Waals surface area contributed by atoms with E-state index >= 15 is 0 Å². The number of ether oxygens (including phenoxy) is 3. The molecule has 0 fully saturated rings. The number of methoxy groups -OCH3 is 1. The number of pyridine rings is 1. The quantitative estimate of drug-likeness (QED) is 0.594. The van der Waals surface area contributed by atoms with Gasteiger partial charge in [0, 0.05) is 11.8 Å². The van der Waals surface area contributed by atoms with E-state index in [1.54, 1.807) is 6.92 Å². The first-order valence-electron chi connectivity index (χ1n) is 5.84. The van der Waals surface area contributed by atoms with E-state index in [1.807, 2.05) is 0 Å². The highest BCUT2D eigenvalue weighted by Gasteiger charge is 2.35. The number of carbonyl (C=O) groups excluding carboxylic acids is 1. The van der Waals surface area contributed by atoms with E-state index in [0.717, 1.165) is 13.3 Å². The Kier molecular flexibility index (Phi) is 6.07. The number of alkyl halides is 4. The minimum absolute atomic E-state index is 0.0750. The average Bonchev–Trinajstić information content (AvgIpc) is 2.39. The topological polar surface area (TPSA) is 57.7 Å². The van der Waals surface area contributed by atoms with Crippen LogP contribution in [0.3, 0.4) is 0 Å². The van der Waals surface area contributed by atoms with Gasteiger partial charge in [0.15, 0.2) is 11.5 Å². The molecule has 0 bridgehead atoms. The molecular formula is C12H13ClF3NO4. The Labute approximate surface area is 124 Å². The normalized spacial score (nSPS) is 11.1. The van der Waals surface area contributed by atoms with Crippen molar-refractivity contribution < 1.29 is 32.2 Å². The predicted octanol–water partition coefficient (Wildman–Crippen LogP) is 2.83. The Morgan fingerprint density at radius 2 is 2.05 bits per heavy atom. The van der Waals surface area contributed by atoms with Crippen LogP contribution < -0.4 is 9.47 Å². The molecule has 1 aromatic rings. The van der Waals surface area contributed by atoms with E-state index in [4.69, 9.17) is 21.1 Å². The van der Waals surface area contributed by atoms with Gasteiger partial charge in [0.1, 0.15) is 5.69 Å². The zero-order valence-corrected chi connectivity index (χ0v) is 12.0. The van der Waals surface area contributed by atoms with Crippen LogP contribution in [0, 0.1) is 0 Å². The number of carbonyl (C=O) groups is 1.